The van der Waals surface area contributed by atoms with Gasteiger partial charge >= 0.3 is 6.09 Å². The molecule has 3 unspecified atom stereocenters. The van der Waals surface area contributed by atoms with E-state index >= 15 is 0 Å². The van der Waals surface area contributed by atoms with E-state index in [-0.39, 0.29) is 31.5 Å². The van der Waals surface area contributed by atoms with Crippen molar-refractivity contribution in [3.63, 3.8) is 0 Å². The number of nitrogens with zero attached hydrogens (tertiary/aromatic N) is 3. The standard InChI is InChI=1S/C21H27FN4O5/c1-13(27)23-6-17-11-26(21(29)31-17)16-3-4-19(18(22)5-16)24-7-14-9-25(10-15(14)8-24)20(28)12-30-2/h3-5,14-15,17H,6-12H2,1-2H3,(H,23,27). The lowest BCUT2D eigenvalue weighted by molar-refractivity contribution is -0.134. The number of fused-ring (bicyclic) bond motifs is 1. The molecule has 31 heavy (non-hydrogen) atoms. The van der Waals surface area contributed by atoms with Crippen LogP contribution in [0.3, 0.4) is 0 Å². The fourth-order valence-electron chi connectivity index (χ4n) is 4.62. The fourth-order valence-corrected chi connectivity index (χ4v) is 4.62. The van der Waals surface area contributed by atoms with E-state index < -0.39 is 18.0 Å². The summed E-state index contributed by atoms with van der Waals surface area (Å²) in [6, 6.07) is 4.75. The highest BCUT2D eigenvalue weighted by atomic mass is 19.1. The van der Waals surface area contributed by atoms with Crippen molar-refractivity contribution in [1.82, 2.24) is 10.2 Å². The number of anilines is 2. The molecule has 0 spiro atoms. The zero-order chi connectivity index (χ0) is 22.1. The highest BCUT2D eigenvalue weighted by Gasteiger charge is 2.42. The Labute approximate surface area is 180 Å². The summed E-state index contributed by atoms with van der Waals surface area (Å²) in [4.78, 5) is 40.5. The third kappa shape index (κ3) is 4.43. The maximum atomic E-state index is 15.0. The predicted octanol–water partition coefficient (Wildman–Crippen LogP) is 0.828. The zero-order valence-electron chi connectivity index (χ0n) is 17.7. The lowest BCUT2D eigenvalue weighted by Gasteiger charge is -2.24. The smallest absolute Gasteiger partial charge is 0.414 e. The van der Waals surface area contributed by atoms with E-state index in [4.69, 9.17) is 9.47 Å². The molecule has 3 amide bonds. The zero-order valence-corrected chi connectivity index (χ0v) is 17.7. The van der Waals surface area contributed by atoms with Crippen LogP contribution in [0.2, 0.25) is 0 Å². The summed E-state index contributed by atoms with van der Waals surface area (Å²) in [5.74, 6) is 0.00797. The minimum absolute atomic E-state index is 0.00621. The molecule has 4 rings (SSSR count). The number of benzene rings is 1. The van der Waals surface area contributed by atoms with Crippen molar-refractivity contribution in [2.24, 2.45) is 11.8 Å². The number of nitrogens with one attached hydrogen (secondary N) is 1. The number of carbonyl (C=O) groups is 3. The first-order valence-electron chi connectivity index (χ1n) is 10.4. The van der Waals surface area contributed by atoms with Gasteiger partial charge in [-0.25, -0.2) is 9.18 Å². The molecule has 0 radical (unpaired) electrons. The summed E-state index contributed by atoms with van der Waals surface area (Å²) < 4.78 is 25.1. The van der Waals surface area contributed by atoms with Crippen LogP contribution in [0.4, 0.5) is 20.6 Å². The maximum absolute atomic E-state index is 15.0. The normalized spacial score (nSPS) is 25.1. The minimum atomic E-state index is -0.556. The van der Waals surface area contributed by atoms with Gasteiger partial charge < -0.3 is 24.6 Å². The summed E-state index contributed by atoms with van der Waals surface area (Å²) in [5.41, 5.74) is 0.919. The van der Waals surface area contributed by atoms with E-state index in [0.717, 1.165) is 0 Å². The van der Waals surface area contributed by atoms with Crippen molar-refractivity contribution >= 4 is 29.3 Å². The summed E-state index contributed by atoms with van der Waals surface area (Å²) in [6.07, 6.45) is -1.03. The van der Waals surface area contributed by atoms with Crippen LogP contribution in [0.1, 0.15) is 6.92 Å². The van der Waals surface area contributed by atoms with E-state index in [1.54, 1.807) is 12.1 Å². The first kappa shape index (κ1) is 21.4. The van der Waals surface area contributed by atoms with Gasteiger partial charge in [-0.05, 0) is 18.2 Å². The number of halogens is 1. The molecule has 3 atom stereocenters. The molecule has 1 aromatic rings. The average molecular weight is 434 g/mol. The quantitative estimate of drug-likeness (QED) is 0.713. The third-order valence-corrected chi connectivity index (χ3v) is 6.14. The Kier molecular flexibility index (Phi) is 5.99. The minimum Gasteiger partial charge on any atom is -0.442 e. The predicted molar refractivity (Wildman–Crippen MR) is 110 cm³/mol. The van der Waals surface area contributed by atoms with E-state index in [0.29, 0.717) is 49.4 Å². The van der Waals surface area contributed by atoms with Crippen LogP contribution < -0.4 is 15.1 Å². The van der Waals surface area contributed by atoms with Crippen LogP contribution in [-0.4, -0.2) is 81.9 Å². The highest BCUT2D eigenvalue weighted by Crippen LogP contribution is 2.36. The molecule has 1 aromatic carbocycles. The summed E-state index contributed by atoms with van der Waals surface area (Å²) >= 11 is 0. The molecule has 0 aromatic heterocycles. The second-order valence-corrected chi connectivity index (χ2v) is 8.35. The Morgan fingerprint density at radius 1 is 1.19 bits per heavy atom. The van der Waals surface area contributed by atoms with Crippen molar-refractivity contribution in [3.05, 3.63) is 24.0 Å². The first-order chi connectivity index (χ1) is 14.9. The van der Waals surface area contributed by atoms with Gasteiger partial charge in [0.05, 0.1) is 24.5 Å². The number of carbonyl (C=O) groups excluding carboxylic acids is 3. The van der Waals surface area contributed by atoms with Gasteiger partial charge in [0.2, 0.25) is 11.8 Å². The summed E-state index contributed by atoms with van der Waals surface area (Å²) in [5, 5.41) is 2.62. The van der Waals surface area contributed by atoms with Crippen LogP contribution >= 0.6 is 0 Å². The van der Waals surface area contributed by atoms with E-state index in [1.165, 1.54) is 25.0 Å². The Hall–Kier alpha value is -2.88. The van der Waals surface area contributed by atoms with E-state index in [2.05, 4.69) is 5.32 Å². The number of hydrogen-bond donors (Lipinski definition) is 1. The second kappa shape index (κ2) is 8.70. The van der Waals surface area contributed by atoms with Gasteiger partial charge in [-0.2, -0.15) is 0 Å². The number of ether oxygens (including phenoxy) is 2. The van der Waals surface area contributed by atoms with Crippen molar-refractivity contribution in [1.29, 1.82) is 0 Å². The molecule has 3 saturated heterocycles. The molecule has 3 heterocycles. The van der Waals surface area contributed by atoms with Gasteiger partial charge in [0, 0.05) is 52.0 Å². The van der Waals surface area contributed by atoms with Crippen molar-refractivity contribution in [2.75, 3.05) is 62.8 Å². The maximum Gasteiger partial charge on any atom is 0.414 e. The summed E-state index contributed by atoms with van der Waals surface area (Å²) in [6.45, 7) is 4.64. The monoisotopic (exact) mass is 434 g/mol. The summed E-state index contributed by atoms with van der Waals surface area (Å²) in [7, 11) is 1.51. The molecule has 3 aliphatic heterocycles. The molecule has 3 fully saturated rings. The number of cyclic esters (lactones) is 1. The van der Waals surface area contributed by atoms with Crippen molar-refractivity contribution in [3.8, 4) is 0 Å². The number of likely N-dealkylation sites (tertiary alicyclic amines) is 1. The van der Waals surface area contributed by atoms with Crippen molar-refractivity contribution in [2.45, 2.75) is 13.0 Å². The first-order valence-corrected chi connectivity index (χ1v) is 10.4. The molecule has 0 saturated carbocycles. The van der Waals surface area contributed by atoms with Crippen molar-refractivity contribution < 1.29 is 28.2 Å². The Balaban J connectivity index is 1.38. The SMILES string of the molecule is COCC(=O)N1CC2CN(c3ccc(N4CC(CNC(C)=O)OC4=O)cc3F)CC2C1. The highest BCUT2D eigenvalue weighted by molar-refractivity contribution is 5.90. The van der Waals surface area contributed by atoms with Gasteiger partial charge in [0.1, 0.15) is 18.5 Å². The average Bonchev–Trinajstić information content (AvgIpc) is 3.39. The topological polar surface area (TPSA) is 91.4 Å². The Morgan fingerprint density at radius 2 is 1.90 bits per heavy atom. The molecular weight excluding hydrogens is 407 g/mol. The largest absolute Gasteiger partial charge is 0.442 e. The van der Waals surface area contributed by atoms with E-state index in [9.17, 15) is 18.8 Å². The Morgan fingerprint density at radius 3 is 2.52 bits per heavy atom. The molecule has 168 valence electrons. The number of methoxy groups -OCH3 is 1. The molecule has 3 aliphatic rings. The van der Waals surface area contributed by atoms with Crippen LogP contribution in [0, 0.1) is 17.7 Å². The van der Waals surface area contributed by atoms with Crippen LogP contribution in [0.25, 0.3) is 0 Å². The fraction of sp³-hybridized carbons (Fsp3) is 0.571. The lowest BCUT2D eigenvalue weighted by Crippen LogP contribution is -2.35. The molecule has 9 nitrogen and oxygen atoms in total. The molecule has 1 N–H and O–H groups in total. The second-order valence-electron chi connectivity index (χ2n) is 8.35. The van der Waals surface area contributed by atoms with Gasteiger partial charge in [0.25, 0.3) is 0 Å². The third-order valence-electron chi connectivity index (χ3n) is 6.14. The Bertz CT molecular complexity index is 867. The lowest BCUT2D eigenvalue weighted by atomic mass is 10.0. The van der Waals surface area contributed by atoms with Crippen LogP contribution in [-0.2, 0) is 19.1 Å². The van der Waals surface area contributed by atoms with Gasteiger partial charge in [0.15, 0.2) is 0 Å². The van der Waals surface area contributed by atoms with E-state index in [1.807, 2.05) is 9.80 Å². The molecule has 0 aliphatic carbocycles. The van der Waals surface area contributed by atoms with Gasteiger partial charge in [-0.3, -0.25) is 14.5 Å². The number of hydrogen-bond acceptors (Lipinski definition) is 6. The van der Waals surface area contributed by atoms with Gasteiger partial charge in [-0.1, -0.05) is 0 Å². The molecule has 10 heteroatoms. The van der Waals surface area contributed by atoms with Gasteiger partial charge in [-0.15, -0.1) is 0 Å². The van der Waals surface area contributed by atoms with Crippen LogP contribution in [0.15, 0.2) is 18.2 Å². The molecular formula is C21H27FN4O5. The van der Waals surface area contributed by atoms with Crippen LogP contribution in [0.5, 0.6) is 0 Å². The number of amides is 3. The number of rotatable bonds is 6. The molecule has 0 bridgehead atoms.